The zero-order chi connectivity index (χ0) is 19.2. The fraction of sp³-hybridized carbons (Fsp3) is 0.316. The van der Waals surface area contributed by atoms with E-state index in [4.69, 9.17) is 4.74 Å². The Bertz CT molecular complexity index is 862. The SMILES string of the molecule is CCS(=O)(=O)Nc1ccc(C(=O)NCCOc2ccc(C)c(C)c2)cc1. The number of sulfonamides is 1. The highest BCUT2D eigenvalue weighted by atomic mass is 32.2. The first kappa shape index (κ1) is 19.8. The van der Waals surface area contributed by atoms with Crippen molar-refractivity contribution in [2.24, 2.45) is 0 Å². The average Bonchev–Trinajstić information content (AvgIpc) is 2.62. The van der Waals surface area contributed by atoms with Crippen molar-refractivity contribution in [3.63, 3.8) is 0 Å². The molecule has 0 aliphatic carbocycles. The molecule has 2 rings (SSSR count). The zero-order valence-corrected chi connectivity index (χ0v) is 16.0. The Labute approximate surface area is 154 Å². The maximum Gasteiger partial charge on any atom is 0.251 e. The maximum atomic E-state index is 12.1. The van der Waals surface area contributed by atoms with E-state index in [1.807, 2.05) is 32.0 Å². The molecule has 2 aromatic rings. The minimum Gasteiger partial charge on any atom is -0.492 e. The van der Waals surface area contributed by atoms with Gasteiger partial charge in [-0.3, -0.25) is 9.52 Å². The summed E-state index contributed by atoms with van der Waals surface area (Å²) in [5.74, 6) is 0.531. The van der Waals surface area contributed by atoms with Crippen LogP contribution in [0.2, 0.25) is 0 Å². The van der Waals surface area contributed by atoms with Gasteiger partial charge in [-0.1, -0.05) is 6.07 Å². The number of amides is 1. The molecule has 1 amide bonds. The van der Waals surface area contributed by atoms with Gasteiger partial charge in [-0.15, -0.1) is 0 Å². The summed E-state index contributed by atoms with van der Waals surface area (Å²) in [6.07, 6.45) is 0. The van der Waals surface area contributed by atoms with E-state index < -0.39 is 10.0 Å². The van der Waals surface area contributed by atoms with Crippen molar-refractivity contribution in [1.29, 1.82) is 0 Å². The van der Waals surface area contributed by atoms with Crippen LogP contribution < -0.4 is 14.8 Å². The van der Waals surface area contributed by atoms with E-state index in [2.05, 4.69) is 10.0 Å². The molecule has 7 heteroatoms. The van der Waals surface area contributed by atoms with Gasteiger partial charge in [0.25, 0.3) is 5.91 Å². The van der Waals surface area contributed by atoms with E-state index in [1.54, 1.807) is 31.2 Å². The molecule has 0 aliphatic heterocycles. The normalized spacial score (nSPS) is 11.0. The summed E-state index contributed by atoms with van der Waals surface area (Å²) < 4.78 is 31.1. The molecule has 0 spiro atoms. The quantitative estimate of drug-likeness (QED) is 0.694. The van der Waals surface area contributed by atoms with Gasteiger partial charge in [-0.25, -0.2) is 8.42 Å². The third-order valence-electron chi connectivity index (χ3n) is 3.94. The topological polar surface area (TPSA) is 84.5 Å². The molecule has 0 heterocycles. The summed E-state index contributed by atoms with van der Waals surface area (Å²) >= 11 is 0. The van der Waals surface area contributed by atoms with Gasteiger partial charge in [0.05, 0.1) is 12.3 Å². The van der Waals surface area contributed by atoms with Crippen LogP contribution in [0, 0.1) is 13.8 Å². The van der Waals surface area contributed by atoms with E-state index in [1.165, 1.54) is 5.56 Å². The van der Waals surface area contributed by atoms with Gasteiger partial charge >= 0.3 is 0 Å². The van der Waals surface area contributed by atoms with E-state index in [9.17, 15) is 13.2 Å². The first-order valence-corrected chi connectivity index (χ1v) is 10.0. The summed E-state index contributed by atoms with van der Waals surface area (Å²) in [7, 11) is -3.32. The molecule has 0 radical (unpaired) electrons. The largest absolute Gasteiger partial charge is 0.492 e. The molecule has 0 saturated carbocycles. The van der Waals surface area contributed by atoms with Crippen LogP contribution in [-0.2, 0) is 10.0 Å². The van der Waals surface area contributed by atoms with Crippen molar-refractivity contribution in [2.45, 2.75) is 20.8 Å². The smallest absolute Gasteiger partial charge is 0.251 e. The lowest BCUT2D eigenvalue weighted by Crippen LogP contribution is -2.28. The first-order valence-electron chi connectivity index (χ1n) is 8.39. The second-order valence-electron chi connectivity index (χ2n) is 5.93. The fourth-order valence-corrected chi connectivity index (χ4v) is 2.82. The van der Waals surface area contributed by atoms with Crippen molar-refractivity contribution in [1.82, 2.24) is 5.32 Å². The molecule has 0 unspecified atom stereocenters. The number of ether oxygens (including phenoxy) is 1. The monoisotopic (exact) mass is 376 g/mol. The lowest BCUT2D eigenvalue weighted by Gasteiger charge is -2.10. The Morgan fingerprint density at radius 1 is 1.04 bits per heavy atom. The number of nitrogens with one attached hydrogen (secondary N) is 2. The Morgan fingerprint density at radius 2 is 1.73 bits per heavy atom. The molecular weight excluding hydrogens is 352 g/mol. The Morgan fingerprint density at radius 3 is 2.35 bits per heavy atom. The number of rotatable bonds is 8. The van der Waals surface area contributed by atoms with Gasteiger partial charge in [0.1, 0.15) is 12.4 Å². The summed E-state index contributed by atoms with van der Waals surface area (Å²) in [6, 6.07) is 12.1. The molecule has 0 atom stereocenters. The number of aryl methyl sites for hydroxylation is 2. The molecule has 2 aromatic carbocycles. The molecular formula is C19H24N2O4S. The van der Waals surface area contributed by atoms with Crippen molar-refractivity contribution in [3.05, 3.63) is 59.2 Å². The molecule has 0 saturated heterocycles. The summed E-state index contributed by atoms with van der Waals surface area (Å²) in [4.78, 5) is 12.1. The standard InChI is InChI=1S/C19H24N2O4S/c1-4-26(23,24)21-17-8-6-16(7-9-17)19(22)20-11-12-25-18-10-5-14(2)15(3)13-18/h5-10,13,21H,4,11-12H2,1-3H3,(H,20,22). The van der Waals surface area contributed by atoms with E-state index >= 15 is 0 Å². The molecule has 0 bridgehead atoms. The number of hydrogen-bond donors (Lipinski definition) is 2. The number of benzene rings is 2. The summed E-state index contributed by atoms with van der Waals surface area (Å²) in [5.41, 5.74) is 3.25. The Hall–Kier alpha value is -2.54. The lowest BCUT2D eigenvalue weighted by atomic mass is 10.1. The van der Waals surface area contributed by atoms with Crippen molar-refractivity contribution < 1.29 is 17.9 Å². The van der Waals surface area contributed by atoms with Gasteiger partial charge in [-0.05, 0) is 68.3 Å². The fourth-order valence-electron chi connectivity index (χ4n) is 2.18. The minimum absolute atomic E-state index is 0.00422. The number of carbonyl (C=O) groups excluding carboxylic acids is 1. The Kier molecular flexibility index (Phi) is 6.63. The summed E-state index contributed by atoms with van der Waals surface area (Å²) in [6.45, 7) is 6.36. The second-order valence-corrected chi connectivity index (χ2v) is 7.94. The van der Waals surface area contributed by atoms with E-state index in [0.717, 1.165) is 11.3 Å². The number of carbonyl (C=O) groups is 1. The number of anilines is 1. The van der Waals surface area contributed by atoms with E-state index in [0.29, 0.717) is 24.4 Å². The van der Waals surface area contributed by atoms with Crippen molar-refractivity contribution in [2.75, 3.05) is 23.6 Å². The molecule has 0 aliphatic rings. The van der Waals surface area contributed by atoms with Crippen LogP contribution in [-0.4, -0.2) is 33.2 Å². The van der Waals surface area contributed by atoms with Crippen LogP contribution in [0.1, 0.15) is 28.4 Å². The van der Waals surface area contributed by atoms with Crippen LogP contribution in [0.25, 0.3) is 0 Å². The van der Waals surface area contributed by atoms with Gasteiger partial charge in [-0.2, -0.15) is 0 Å². The van der Waals surface area contributed by atoms with Crippen LogP contribution in [0.5, 0.6) is 5.75 Å². The number of hydrogen-bond acceptors (Lipinski definition) is 4. The second kappa shape index (κ2) is 8.71. The van der Waals surface area contributed by atoms with Crippen LogP contribution >= 0.6 is 0 Å². The maximum absolute atomic E-state index is 12.1. The van der Waals surface area contributed by atoms with Gasteiger partial charge in [0, 0.05) is 11.3 Å². The third kappa shape index (κ3) is 5.77. The van der Waals surface area contributed by atoms with Crippen molar-refractivity contribution in [3.8, 4) is 5.75 Å². The van der Waals surface area contributed by atoms with Gasteiger partial charge < -0.3 is 10.1 Å². The highest BCUT2D eigenvalue weighted by molar-refractivity contribution is 7.92. The van der Waals surface area contributed by atoms with E-state index in [-0.39, 0.29) is 11.7 Å². The van der Waals surface area contributed by atoms with Crippen molar-refractivity contribution >= 4 is 21.6 Å². The van der Waals surface area contributed by atoms with Crippen LogP contribution in [0.15, 0.2) is 42.5 Å². The molecule has 26 heavy (non-hydrogen) atoms. The third-order valence-corrected chi connectivity index (χ3v) is 5.24. The highest BCUT2D eigenvalue weighted by Crippen LogP contribution is 2.16. The first-order chi connectivity index (χ1) is 12.3. The predicted molar refractivity (Wildman–Crippen MR) is 103 cm³/mol. The molecule has 0 fully saturated rings. The molecule has 6 nitrogen and oxygen atoms in total. The predicted octanol–water partition coefficient (Wildman–Crippen LogP) is 2.87. The lowest BCUT2D eigenvalue weighted by molar-refractivity contribution is 0.0947. The molecule has 0 aromatic heterocycles. The summed E-state index contributed by atoms with van der Waals surface area (Å²) in [5, 5.41) is 2.77. The van der Waals surface area contributed by atoms with Gasteiger partial charge in [0.2, 0.25) is 10.0 Å². The minimum atomic E-state index is -3.32. The average molecular weight is 376 g/mol. The van der Waals surface area contributed by atoms with Crippen LogP contribution in [0.3, 0.4) is 0 Å². The highest BCUT2D eigenvalue weighted by Gasteiger charge is 2.08. The van der Waals surface area contributed by atoms with Crippen LogP contribution in [0.4, 0.5) is 5.69 Å². The molecule has 140 valence electrons. The van der Waals surface area contributed by atoms with Gasteiger partial charge in [0.15, 0.2) is 0 Å². The Balaban J connectivity index is 1.81. The molecule has 2 N–H and O–H groups in total. The zero-order valence-electron chi connectivity index (χ0n) is 15.2.